The molecule has 8 heteroatoms. The number of aliphatic carboxylic acids is 1. The number of thiazole rings is 1. The molecular weight excluding hydrogens is 324 g/mol. The molecule has 1 N–H and O–H groups in total. The van der Waals surface area contributed by atoms with Gasteiger partial charge in [0, 0.05) is 13.1 Å². The molecule has 0 atom stereocenters. The Balaban J connectivity index is 1.80. The highest BCUT2D eigenvalue weighted by molar-refractivity contribution is 7.91. The maximum absolute atomic E-state index is 12.5. The van der Waals surface area contributed by atoms with Crippen molar-refractivity contribution in [1.29, 1.82) is 0 Å². The van der Waals surface area contributed by atoms with E-state index in [9.17, 15) is 18.3 Å². The van der Waals surface area contributed by atoms with Crippen LogP contribution in [0.5, 0.6) is 0 Å². The topological polar surface area (TPSA) is 87.6 Å². The van der Waals surface area contributed by atoms with E-state index in [1.807, 2.05) is 0 Å². The summed E-state index contributed by atoms with van der Waals surface area (Å²) in [5, 5.41) is 10.2. The minimum atomic E-state index is -3.52. The van der Waals surface area contributed by atoms with E-state index in [1.165, 1.54) is 10.5 Å². The van der Waals surface area contributed by atoms with Crippen molar-refractivity contribution in [3.8, 4) is 0 Å². The van der Waals surface area contributed by atoms with Crippen LogP contribution in [0.4, 0.5) is 0 Å². The zero-order chi connectivity index (χ0) is 16.0. The fraction of sp³-hybridized carbons (Fsp3) is 0.571. The van der Waals surface area contributed by atoms with Crippen molar-refractivity contribution in [3.63, 3.8) is 0 Å². The predicted molar refractivity (Wildman–Crippen MR) is 82.2 cm³/mol. The van der Waals surface area contributed by atoms with Gasteiger partial charge in [-0.15, -0.1) is 11.3 Å². The number of carboxylic acid groups (broad SMARTS) is 1. The fourth-order valence-corrected chi connectivity index (χ4v) is 5.74. The first-order valence-corrected chi connectivity index (χ1v) is 9.47. The van der Waals surface area contributed by atoms with Crippen molar-refractivity contribution >= 4 is 27.3 Å². The third kappa shape index (κ3) is 2.39. The summed E-state index contributed by atoms with van der Waals surface area (Å²) in [5.41, 5.74) is 0.148. The highest BCUT2D eigenvalue weighted by Crippen LogP contribution is 2.49. The molecule has 2 heterocycles. The number of hydrogen-bond acceptors (Lipinski definition) is 5. The number of carboxylic acids is 1. The number of hydrogen-bond donors (Lipinski definition) is 1. The van der Waals surface area contributed by atoms with Gasteiger partial charge < -0.3 is 5.11 Å². The van der Waals surface area contributed by atoms with Gasteiger partial charge >= 0.3 is 5.97 Å². The first kappa shape index (κ1) is 15.6. The van der Waals surface area contributed by atoms with Crippen LogP contribution in [0.2, 0.25) is 0 Å². The van der Waals surface area contributed by atoms with Crippen molar-refractivity contribution in [2.24, 2.45) is 5.41 Å². The molecule has 0 amide bonds. The van der Waals surface area contributed by atoms with Crippen LogP contribution in [-0.4, -0.2) is 41.9 Å². The summed E-state index contributed by atoms with van der Waals surface area (Å²) >= 11 is 1.16. The summed E-state index contributed by atoms with van der Waals surface area (Å²) in [4.78, 5) is 15.5. The molecule has 120 valence electrons. The van der Waals surface area contributed by atoms with Crippen LogP contribution in [0.3, 0.4) is 0 Å². The Hall–Kier alpha value is -1.25. The number of aromatic nitrogens is 1. The molecule has 0 radical (unpaired) electrons. The molecule has 1 aliphatic carbocycles. The van der Waals surface area contributed by atoms with Gasteiger partial charge in [0.2, 0.25) is 0 Å². The highest BCUT2D eigenvalue weighted by atomic mass is 32.2. The largest absolute Gasteiger partial charge is 0.481 e. The fourth-order valence-electron chi connectivity index (χ4n) is 3.09. The Labute approximate surface area is 133 Å². The Bertz CT molecular complexity index is 732. The molecule has 0 aromatic carbocycles. The molecule has 1 aromatic heterocycles. The molecule has 2 aliphatic rings. The standard InChI is InChI=1S/C14H18N2O4S2/c1-10-15-9-12(21-10)22(19,20)16-7-3-11(4-8-16)14(13(17)18)5-2-6-14/h3,9H,2,4-8H2,1H3,(H,17,18). The summed E-state index contributed by atoms with van der Waals surface area (Å²) in [7, 11) is -3.52. The molecule has 1 aromatic rings. The summed E-state index contributed by atoms with van der Waals surface area (Å²) in [6.45, 7) is 2.34. The molecule has 0 bridgehead atoms. The molecule has 1 fully saturated rings. The predicted octanol–water partition coefficient (Wildman–Crippen LogP) is 2.03. The van der Waals surface area contributed by atoms with Crippen molar-refractivity contribution in [1.82, 2.24) is 9.29 Å². The van der Waals surface area contributed by atoms with Crippen LogP contribution in [0.1, 0.15) is 30.7 Å². The van der Waals surface area contributed by atoms with E-state index in [-0.39, 0.29) is 10.8 Å². The zero-order valence-electron chi connectivity index (χ0n) is 12.3. The van der Waals surface area contributed by atoms with Crippen LogP contribution in [-0.2, 0) is 14.8 Å². The van der Waals surface area contributed by atoms with Crippen molar-refractivity contribution < 1.29 is 18.3 Å². The van der Waals surface area contributed by atoms with Crippen LogP contribution in [0.15, 0.2) is 22.1 Å². The lowest BCUT2D eigenvalue weighted by Crippen LogP contribution is -2.44. The van der Waals surface area contributed by atoms with Gasteiger partial charge in [0.25, 0.3) is 10.0 Å². The molecular formula is C14H18N2O4S2. The number of nitrogens with zero attached hydrogens (tertiary/aromatic N) is 2. The molecule has 0 unspecified atom stereocenters. The van der Waals surface area contributed by atoms with E-state index in [1.54, 1.807) is 13.0 Å². The van der Waals surface area contributed by atoms with Crippen molar-refractivity contribution in [2.75, 3.05) is 13.1 Å². The van der Waals surface area contributed by atoms with E-state index in [0.717, 1.165) is 23.3 Å². The first-order chi connectivity index (χ1) is 10.4. The second kappa shape index (κ2) is 5.43. The lowest BCUT2D eigenvalue weighted by molar-refractivity contribution is -0.151. The van der Waals surface area contributed by atoms with Crippen LogP contribution in [0.25, 0.3) is 0 Å². The number of aryl methyl sites for hydroxylation is 1. The second-order valence-electron chi connectivity index (χ2n) is 5.78. The monoisotopic (exact) mass is 342 g/mol. The maximum Gasteiger partial charge on any atom is 0.313 e. The summed E-state index contributed by atoms with van der Waals surface area (Å²) < 4.78 is 26.7. The minimum absolute atomic E-state index is 0.240. The third-order valence-corrected chi connectivity index (χ3v) is 7.81. The van der Waals surface area contributed by atoms with Crippen LogP contribution < -0.4 is 0 Å². The molecule has 0 saturated heterocycles. The SMILES string of the molecule is Cc1ncc(S(=O)(=O)N2CC=C(C3(C(=O)O)CCC3)CC2)s1. The molecule has 0 spiro atoms. The smallest absolute Gasteiger partial charge is 0.313 e. The normalized spacial score (nSPS) is 22.0. The Kier molecular flexibility index (Phi) is 3.86. The Morgan fingerprint density at radius 2 is 2.18 bits per heavy atom. The Morgan fingerprint density at radius 3 is 2.59 bits per heavy atom. The van der Waals surface area contributed by atoms with Gasteiger partial charge in [-0.3, -0.25) is 4.79 Å². The number of carbonyl (C=O) groups is 1. The van der Waals surface area contributed by atoms with Gasteiger partial charge in [-0.25, -0.2) is 13.4 Å². The van der Waals surface area contributed by atoms with Gasteiger partial charge in [-0.05, 0) is 26.2 Å². The average Bonchev–Trinajstić information content (AvgIpc) is 2.85. The van der Waals surface area contributed by atoms with E-state index in [4.69, 9.17) is 0 Å². The van der Waals surface area contributed by atoms with Crippen molar-refractivity contribution in [3.05, 3.63) is 22.9 Å². The van der Waals surface area contributed by atoms with Crippen molar-refractivity contribution in [2.45, 2.75) is 36.8 Å². The second-order valence-corrected chi connectivity index (χ2v) is 9.18. The van der Waals surface area contributed by atoms with Gasteiger partial charge in [0.15, 0.2) is 4.21 Å². The summed E-state index contributed by atoms with van der Waals surface area (Å²) in [6, 6.07) is 0. The highest BCUT2D eigenvalue weighted by Gasteiger charge is 2.48. The van der Waals surface area contributed by atoms with Crippen LogP contribution in [0, 0.1) is 12.3 Å². The van der Waals surface area contributed by atoms with Gasteiger partial charge in [0.1, 0.15) is 0 Å². The zero-order valence-corrected chi connectivity index (χ0v) is 13.9. The molecule has 3 rings (SSSR count). The Morgan fingerprint density at radius 1 is 1.45 bits per heavy atom. The lowest BCUT2D eigenvalue weighted by Gasteiger charge is -2.42. The average molecular weight is 342 g/mol. The maximum atomic E-state index is 12.5. The number of sulfonamides is 1. The van der Waals surface area contributed by atoms with E-state index < -0.39 is 21.4 Å². The van der Waals surface area contributed by atoms with E-state index in [2.05, 4.69) is 4.98 Å². The first-order valence-electron chi connectivity index (χ1n) is 7.22. The lowest BCUT2D eigenvalue weighted by atomic mass is 9.63. The van der Waals surface area contributed by atoms with Gasteiger partial charge in [-0.1, -0.05) is 18.1 Å². The van der Waals surface area contributed by atoms with Gasteiger partial charge in [0.05, 0.1) is 16.6 Å². The molecule has 1 aliphatic heterocycles. The van der Waals surface area contributed by atoms with Gasteiger partial charge in [-0.2, -0.15) is 4.31 Å². The third-order valence-electron chi connectivity index (χ3n) is 4.60. The molecule has 6 nitrogen and oxygen atoms in total. The van der Waals surface area contributed by atoms with Crippen LogP contribution >= 0.6 is 11.3 Å². The summed E-state index contributed by atoms with van der Waals surface area (Å²) in [5.74, 6) is -0.778. The quantitative estimate of drug-likeness (QED) is 0.846. The molecule has 22 heavy (non-hydrogen) atoms. The molecule has 1 saturated carbocycles. The summed E-state index contributed by atoms with van der Waals surface area (Å²) in [6.07, 6.45) is 5.92. The van der Waals surface area contributed by atoms with E-state index in [0.29, 0.717) is 30.8 Å². The number of rotatable bonds is 4. The minimum Gasteiger partial charge on any atom is -0.481 e. The van der Waals surface area contributed by atoms with E-state index >= 15 is 0 Å².